The maximum absolute atomic E-state index is 12.3. The number of nitrogens with one attached hydrogen (secondary N) is 2. The van der Waals surface area contributed by atoms with E-state index in [2.05, 4.69) is 20.0 Å². The lowest BCUT2D eigenvalue weighted by molar-refractivity contribution is -0.118. The summed E-state index contributed by atoms with van der Waals surface area (Å²) in [6, 6.07) is 10.6. The summed E-state index contributed by atoms with van der Waals surface area (Å²) in [5.41, 5.74) is 2.99. The van der Waals surface area contributed by atoms with Gasteiger partial charge in [0, 0.05) is 16.3 Å². The molecule has 0 bridgehead atoms. The van der Waals surface area contributed by atoms with Gasteiger partial charge in [-0.05, 0) is 48.2 Å². The van der Waals surface area contributed by atoms with Crippen molar-refractivity contribution < 1.29 is 14.1 Å². The first-order valence-electron chi connectivity index (χ1n) is 8.72. The zero-order valence-electron chi connectivity index (χ0n) is 15.7. The first-order valence-corrected chi connectivity index (χ1v) is 9.10. The Balaban J connectivity index is 1.69. The van der Waals surface area contributed by atoms with Gasteiger partial charge in [-0.2, -0.15) is 0 Å². The number of halogens is 1. The summed E-state index contributed by atoms with van der Waals surface area (Å²) in [6.45, 7) is 5.81. The summed E-state index contributed by atoms with van der Waals surface area (Å²) in [5.74, 6) is 0.180. The van der Waals surface area contributed by atoms with Crippen molar-refractivity contribution in [2.24, 2.45) is 0 Å². The molecule has 2 aromatic carbocycles. The van der Waals surface area contributed by atoms with E-state index in [1.807, 2.05) is 32.9 Å². The highest BCUT2D eigenvalue weighted by Crippen LogP contribution is 2.32. The highest BCUT2D eigenvalue weighted by molar-refractivity contribution is 6.31. The van der Waals surface area contributed by atoms with Crippen molar-refractivity contribution in [2.75, 3.05) is 11.9 Å². The van der Waals surface area contributed by atoms with E-state index in [0.717, 1.165) is 11.1 Å². The minimum absolute atomic E-state index is 0.147. The molecule has 1 aromatic heterocycles. The zero-order valence-corrected chi connectivity index (χ0v) is 16.5. The molecule has 0 saturated heterocycles. The standard InChI is InChI=1S/C20H20ClN3O4/c1-11(2)15-9-16(21)12(3)7-17(15)27-10-18(25)22-14-6-4-5-13(8-14)19-23-20(26)28-24-19/h4-9,11H,10H2,1-3H3,(H,22,25)(H,23,24,26). The number of aryl methyl sites for hydroxylation is 1. The molecule has 0 radical (unpaired) electrons. The van der Waals surface area contributed by atoms with Crippen molar-refractivity contribution in [3.05, 3.63) is 63.1 Å². The Morgan fingerprint density at radius 3 is 2.79 bits per heavy atom. The molecule has 1 amide bonds. The van der Waals surface area contributed by atoms with Gasteiger partial charge in [0.25, 0.3) is 5.91 Å². The molecule has 7 nitrogen and oxygen atoms in total. The summed E-state index contributed by atoms with van der Waals surface area (Å²) in [6.07, 6.45) is 0. The van der Waals surface area contributed by atoms with Crippen LogP contribution in [0, 0.1) is 6.92 Å². The second-order valence-electron chi connectivity index (χ2n) is 6.66. The van der Waals surface area contributed by atoms with Gasteiger partial charge in [-0.15, -0.1) is 0 Å². The van der Waals surface area contributed by atoms with E-state index in [1.54, 1.807) is 24.3 Å². The number of carbonyl (C=O) groups is 1. The molecule has 146 valence electrons. The average Bonchev–Trinajstić information content (AvgIpc) is 3.09. The lowest BCUT2D eigenvalue weighted by atomic mass is 10.0. The summed E-state index contributed by atoms with van der Waals surface area (Å²) in [7, 11) is 0. The smallest absolute Gasteiger partial charge is 0.439 e. The molecule has 0 aliphatic heterocycles. The fourth-order valence-corrected chi connectivity index (χ4v) is 2.86. The van der Waals surface area contributed by atoms with E-state index in [9.17, 15) is 9.59 Å². The van der Waals surface area contributed by atoms with Crippen LogP contribution < -0.4 is 15.8 Å². The predicted octanol–water partition coefficient (Wildman–Crippen LogP) is 4.13. The summed E-state index contributed by atoms with van der Waals surface area (Å²) < 4.78 is 10.2. The van der Waals surface area contributed by atoms with E-state index in [4.69, 9.17) is 16.3 Å². The predicted molar refractivity (Wildman–Crippen MR) is 107 cm³/mol. The van der Waals surface area contributed by atoms with Crippen LogP contribution in [0.2, 0.25) is 5.02 Å². The van der Waals surface area contributed by atoms with Crippen molar-refractivity contribution in [1.29, 1.82) is 0 Å². The Morgan fingerprint density at radius 2 is 2.11 bits per heavy atom. The maximum atomic E-state index is 12.3. The number of hydrogen-bond donors (Lipinski definition) is 2. The second-order valence-corrected chi connectivity index (χ2v) is 7.06. The van der Waals surface area contributed by atoms with Crippen LogP contribution in [0.5, 0.6) is 5.75 Å². The molecule has 8 heteroatoms. The lowest BCUT2D eigenvalue weighted by Crippen LogP contribution is -2.20. The molecule has 0 aliphatic rings. The molecule has 2 N–H and O–H groups in total. The zero-order chi connectivity index (χ0) is 20.3. The Hall–Kier alpha value is -3.06. The number of rotatable bonds is 6. The highest BCUT2D eigenvalue weighted by Gasteiger charge is 2.13. The number of H-pyrrole nitrogens is 1. The first-order chi connectivity index (χ1) is 13.3. The SMILES string of the molecule is Cc1cc(OCC(=O)Nc2cccc(-c3noc(=O)[nH]3)c2)c(C(C)C)cc1Cl. The number of nitrogens with zero attached hydrogens (tertiary/aromatic N) is 1. The molecule has 0 unspecified atom stereocenters. The van der Waals surface area contributed by atoms with E-state index >= 15 is 0 Å². The molecule has 0 saturated carbocycles. The van der Waals surface area contributed by atoms with Crippen molar-refractivity contribution in [3.8, 4) is 17.1 Å². The average molecular weight is 402 g/mol. The number of ether oxygens (including phenoxy) is 1. The Kier molecular flexibility index (Phi) is 5.84. The van der Waals surface area contributed by atoms with Crippen LogP contribution in [0.25, 0.3) is 11.4 Å². The fourth-order valence-electron chi connectivity index (χ4n) is 2.69. The number of aromatic amines is 1. The van der Waals surface area contributed by atoms with Gasteiger partial charge in [-0.1, -0.05) is 42.7 Å². The largest absolute Gasteiger partial charge is 0.483 e. The van der Waals surface area contributed by atoms with E-state index in [-0.39, 0.29) is 24.3 Å². The number of carbonyl (C=O) groups excluding carboxylic acids is 1. The molecule has 28 heavy (non-hydrogen) atoms. The van der Waals surface area contributed by atoms with Crippen LogP contribution >= 0.6 is 11.6 Å². The van der Waals surface area contributed by atoms with Crippen LogP contribution in [0.1, 0.15) is 30.9 Å². The molecule has 0 aliphatic carbocycles. The normalized spacial score (nSPS) is 10.9. The topological polar surface area (TPSA) is 97.2 Å². The highest BCUT2D eigenvalue weighted by atomic mass is 35.5. The maximum Gasteiger partial charge on any atom is 0.439 e. The van der Waals surface area contributed by atoms with Crippen molar-refractivity contribution >= 4 is 23.2 Å². The third-order valence-electron chi connectivity index (χ3n) is 4.13. The molecule has 0 fully saturated rings. The van der Waals surface area contributed by atoms with E-state index in [1.165, 1.54) is 0 Å². The minimum Gasteiger partial charge on any atom is -0.483 e. The minimum atomic E-state index is -0.642. The monoisotopic (exact) mass is 401 g/mol. The number of benzene rings is 2. The van der Waals surface area contributed by atoms with Gasteiger partial charge in [-0.3, -0.25) is 14.3 Å². The van der Waals surface area contributed by atoms with Crippen molar-refractivity contribution in [1.82, 2.24) is 10.1 Å². The number of hydrogen-bond acceptors (Lipinski definition) is 5. The third kappa shape index (κ3) is 4.61. The second kappa shape index (κ2) is 8.31. The van der Waals surface area contributed by atoms with Crippen LogP contribution in [-0.2, 0) is 4.79 Å². The van der Waals surface area contributed by atoms with Gasteiger partial charge in [-0.25, -0.2) is 4.79 Å². The molecule has 0 atom stereocenters. The molecular formula is C20H20ClN3O4. The molecule has 0 spiro atoms. The quantitative estimate of drug-likeness (QED) is 0.647. The van der Waals surface area contributed by atoms with Gasteiger partial charge in [0.05, 0.1) is 0 Å². The summed E-state index contributed by atoms with van der Waals surface area (Å²) in [4.78, 5) is 25.9. The van der Waals surface area contributed by atoms with Gasteiger partial charge >= 0.3 is 5.76 Å². The van der Waals surface area contributed by atoms with E-state index < -0.39 is 5.76 Å². The van der Waals surface area contributed by atoms with Crippen LogP contribution in [-0.4, -0.2) is 22.7 Å². The first kappa shape index (κ1) is 19.7. The molecule has 3 rings (SSSR count). The fraction of sp³-hybridized carbons (Fsp3) is 0.250. The number of amides is 1. The molecular weight excluding hydrogens is 382 g/mol. The van der Waals surface area contributed by atoms with Crippen LogP contribution in [0.15, 0.2) is 45.7 Å². The Morgan fingerprint density at radius 1 is 1.32 bits per heavy atom. The van der Waals surface area contributed by atoms with Gasteiger partial charge in [0.1, 0.15) is 5.75 Å². The van der Waals surface area contributed by atoms with Gasteiger partial charge in [0.2, 0.25) is 0 Å². The van der Waals surface area contributed by atoms with Crippen molar-refractivity contribution in [3.63, 3.8) is 0 Å². The lowest BCUT2D eigenvalue weighted by Gasteiger charge is -2.16. The van der Waals surface area contributed by atoms with Crippen LogP contribution in [0.3, 0.4) is 0 Å². The van der Waals surface area contributed by atoms with Gasteiger partial charge in [0.15, 0.2) is 12.4 Å². The Labute approximate surface area is 166 Å². The summed E-state index contributed by atoms with van der Waals surface area (Å²) >= 11 is 6.20. The van der Waals surface area contributed by atoms with Gasteiger partial charge < -0.3 is 10.1 Å². The molecule has 3 aromatic rings. The third-order valence-corrected chi connectivity index (χ3v) is 4.54. The van der Waals surface area contributed by atoms with Crippen LogP contribution in [0.4, 0.5) is 5.69 Å². The summed E-state index contributed by atoms with van der Waals surface area (Å²) in [5, 5.41) is 7.07. The van der Waals surface area contributed by atoms with E-state index in [0.29, 0.717) is 22.0 Å². The number of anilines is 1. The Bertz CT molecular complexity index is 1060. The number of aromatic nitrogens is 2. The van der Waals surface area contributed by atoms with Crippen molar-refractivity contribution in [2.45, 2.75) is 26.7 Å². The molecule has 1 heterocycles.